The van der Waals surface area contributed by atoms with E-state index in [0.29, 0.717) is 38.0 Å². The van der Waals surface area contributed by atoms with E-state index in [1.165, 1.54) is 6.92 Å². The fourth-order valence-electron chi connectivity index (χ4n) is 2.47. The van der Waals surface area contributed by atoms with Crippen LogP contribution in [0.3, 0.4) is 0 Å². The van der Waals surface area contributed by atoms with Crippen molar-refractivity contribution >= 4 is 63.5 Å². The van der Waals surface area contributed by atoms with Gasteiger partial charge in [0.1, 0.15) is 5.75 Å². The average molecular weight is 446 g/mol. The third kappa shape index (κ3) is 6.09. The Balaban J connectivity index is 1.65. The molecule has 0 saturated carbocycles. The van der Waals surface area contributed by atoms with Crippen molar-refractivity contribution in [2.24, 2.45) is 0 Å². The third-order valence-electron chi connectivity index (χ3n) is 3.68. The number of hydrogen-bond acceptors (Lipinski definition) is 3. The smallest absolute Gasteiger partial charge is 0.221 e. The number of thiocarbonyl (C=S) groups is 1. The maximum Gasteiger partial charge on any atom is 0.221 e. The molecule has 3 aromatic carbocycles. The lowest BCUT2D eigenvalue weighted by molar-refractivity contribution is -0.114. The number of benzene rings is 3. The molecule has 3 aromatic rings. The summed E-state index contributed by atoms with van der Waals surface area (Å²) < 4.78 is 5.76. The van der Waals surface area contributed by atoms with E-state index in [-0.39, 0.29) is 5.91 Å². The minimum atomic E-state index is -0.128. The molecule has 0 fully saturated rings. The molecule has 5 nitrogen and oxygen atoms in total. The van der Waals surface area contributed by atoms with Crippen molar-refractivity contribution in [1.29, 1.82) is 0 Å². The van der Waals surface area contributed by atoms with Crippen molar-refractivity contribution < 1.29 is 9.53 Å². The third-order valence-corrected chi connectivity index (χ3v) is 4.45. The summed E-state index contributed by atoms with van der Waals surface area (Å²) in [4.78, 5) is 11.1. The van der Waals surface area contributed by atoms with Crippen LogP contribution in [0.15, 0.2) is 66.7 Å². The van der Waals surface area contributed by atoms with Crippen LogP contribution in [0.1, 0.15) is 6.92 Å². The quantitative estimate of drug-likeness (QED) is 0.388. The zero-order valence-corrected chi connectivity index (χ0v) is 17.7. The number of halogens is 2. The number of nitrogens with one attached hydrogen (secondary N) is 3. The number of amides is 1. The Hall–Kier alpha value is -2.80. The number of carbonyl (C=O) groups is 1. The van der Waals surface area contributed by atoms with Gasteiger partial charge in [-0.3, -0.25) is 4.79 Å². The van der Waals surface area contributed by atoms with Crippen molar-refractivity contribution in [2.75, 3.05) is 16.0 Å². The molecule has 0 radical (unpaired) electrons. The molecule has 0 aliphatic carbocycles. The Morgan fingerprint density at radius 2 is 1.34 bits per heavy atom. The first-order chi connectivity index (χ1) is 13.9. The van der Waals surface area contributed by atoms with Crippen LogP contribution in [0.4, 0.5) is 17.1 Å². The number of carbonyl (C=O) groups excluding carboxylic acids is 1. The topological polar surface area (TPSA) is 62.4 Å². The van der Waals surface area contributed by atoms with Gasteiger partial charge in [-0.15, -0.1) is 0 Å². The van der Waals surface area contributed by atoms with Crippen LogP contribution >= 0.6 is 35.4 Å². The molecule has 0 spiro atoms. The van der Waals surface area contributed by atoms with Gasteiger partial charge < -0.3 is 20.7 Å². The van der Waals surface area contributed by atoms with Crippen molar-refractivity contribution in [3.05, 3.63) is 76.8 Å². The predicted molar refractivity (Wildman–Crippen MR) is 124 cm³/mol. The highest BCUT2D eigenvalue weighted by Crippen LogP contribution is 2.38. The molecule has 3 rings (SSSR count). The molecule has 0 aliphatic heterocycles. The summed E-state index contributed by atoms with van der Waals surface area (Å²) in [7, 11) is 0. The van der Waals surface area contributed by atoms with E-state index in [1.807, 2.05) is 30.3 Å². The molecule has 0 aromatic heterocycles. The summed E-state index contributed by atoms with van der Waals surface area (Å²) in [5, 5.41) is 9.86. The van der Waals surface area contributed by atoms with Gasteiger partial charge in [0.15, 0.2) is 10.9 Å². The molecule has 0 heterocycles. The van der Waals surface area contributed by atoms with Crippen LogP contribution in [0.5, 0.6) is 11.5 Å². The lowest BCUT2D eigenvalue weighted by Crippen LogP contribution is -2.19. The maximum atomic E-state index is 11.1. The molecule has 8 heteroatoms. The number of para-hydroxylation sites is 1. The summed E-state index contributed by atoms with van der Waals surface area (Å²) in [6.45, 7) is 1.46. The largest absolute Gasteiger partial charge is 0.454 e. The highest BCUT2D eigenvalue weighted by atomic mass is 35.5. The van der Waals surface area contributed by atoms with Gasteiger partial charge >= 0.3 is 0 Å². The van der Waals surface area contributed by atoms with Crippen LogP contribution in [-0.4, -0.2) is 11.0 Å². The maximum absolute atomic E-state index is 11.1. The number of anilines is 3. The Labute approximate surface area is 184 Å². The highest BCUT2D eigenvalue weighted by molar-refractivity contribution is 7.80. The van der Waals surface area contributed by atoms with Gasteiger partial charge in [0.05, 0.1) is 10.0 Å². The van der Waals surface area contributed by atoms with Gasteiger partial charge in [0.25, 0.3) is 0 Å². The summed E-state index contributed by atoms with van der Waals surface area (Å²) in [5.74, 6) is 0.880. The second-order valence-electron chi connectivity index (χ2n) is 6.02. The summed E-state index contributed by atoms with van der Waals surface area (Å²) in [5.41, 5.74) is 2.08. The minimum Gasteiger partial charge on any atom is -0.454 e. The van der Waals surface area contributed by atoms with E-state index in [9.17, 15) is 4.79 Å². The first kappa shape index (κ1) is 20.9. The molecule has 0 unspecified atom stereocenters. The Kier molecular flexibility index (Phi) is 6.93. The molecule has 1 amide bonds. The first-order valence-electron chi connectivity index (χ1n) is 8.58. The number of ether oxygens (including phenoxy) is 1. The van der Waals surface area contributed by atoms with E-state index in [4.69, 9.17) is 40.2 Å². The lowest BCUT2D eigenvalue weighted by atomic mass is 10.2. The molecule has 0 atom stereocenters. The van der Waals surface area contributed by atoms with E-state index < -0.39 is 0 Å². The normalized spacial score (nSPS) is 10.2. The molecular weight excluding hydrogens is 429 g/mol. The van der Waals surface area contributed by atoms with Gasteiger partial charge in [0, 0.05) is 24.0 Å². The van der Waals surface area contributed by atoms with Crippen LogP contribution in [-0.2, 0) is 4.79 Å². The fourth-order valence-corrected chi connectivity index (χ4v) is 3.27. The monoisotopic (exact) mass is 445 g/mol. The predicted octanol–water partition coefficient (Wildman–Crippen LogP) is 6.55. The van der Waals surface area contributed by atoms with Crippen LogP contribution in [0.25, 0.3) is 0 Å². The minimum absolute atomic E-state index is 0.128. The first-order valence-corrected chi connectivity index (χ1v) is 9.75. The summed E-state index contributed by atoms with van der Waals surface area (Å²) in [6, 6.07) is 19.8. The molecule has 148 valence electrons. The molecule has 0 bridgehead atoms. The van der Waals surface area contributed by atoms with Crippen molar-refractivity contribution in [3.63, 3.8) is 0 Å². The van der Waals surface area contributed by atoms with Gasteiger partial charge in [-0.25, -0.2) is 0 Å². The Morgan fingerprint density at radius 3 is 1.90 bits per heavy atom. The van der Waals surface area contributed by atoms with E-state index in [0.717, 1.165) is 5.69 Å². The van der Waals surface area contributed by atoms with E-state index in [1.54, 1.807) is 36.4 Å². The van der Waals surface area contributed by atoms with E-state index in [2.05, 4.69) is 16.0 Å². The molecule has 29 heavy (non-hydrogen) atoms. The van der Waals surface area contributed by atoms with Crippen LogP contribution in [0, 0.1) is 0 Å². The average Bonchev–Trinajstić information content (AvgIpc) is 2.67. The lowest BCUT2D eigenvalue weighted by Gasteiger charge is -2.14. The zero-order chi connectivity index (χ0) is 20.8. The van der Waals surface area contributed by atoms with Gasteiger partial charge in [-0.05, 0) is 60.7 Å². The Morgan fingerprint density at radius 1 is 0.828 bits per heavy atom. The van der Waals surface area contributed by atoms with Gasteiger partial charge in [0.2, 0.25) is 5.91 Å². The highest BCUT2D eigenvalue weighted by Gasteiger charge is 2.12. The number of rotatable bonds is 5. The summed E-state index contributed by atoms with van der Waals surface area (Å²) in [6.07, 6.45) is 0. The van der Waals surface area contributed by atoms with Crippen molar-refractivity contribution in [2.45, 2.75) is 6.92 Å². The summed E-state index contributed by atoms with van der Waals surface area (Å²) >= 11 is 18.0. The number of hydrogen-bond donors (Lipinski definition) is 3. The fraction of sp³-hybridized carbons (Fsp3) is 0.0476. The zero-order valence-electron chi connectivity index (χ0n) is 15.3. The standard InChI is InChI=1S/C21H17Cl2N3O2S/c1-13(27)24-14-7-9-15(10-8-14)25-21(29)26-16-11-18(22)20(19(23)12-16)28-17-5-3-2-4-6-17/h2-12H,1H3,(H,24,27)(H2,25,26,29). The van der Waals surface area contributed by atoms with Gasteiger partial charge in [-0.2, -0.15) is 0 Å². The van der Waals surface area contributed by atoms with E-state index >= 15 is 0 Å². The second kappa shape index (κ2) is 9.60. The van der Waals surface area contributed by atoms with Crippen molar-refractivity contribution in [3.8, 4) is 11.5 Å². The molecule has 3 N–H and O–H groups in total. The Bertz CT molecular complexity index is 1000. The van der Waals surface area contributed by atoms with Crippen LogP contribution in [0.2, 0.25) is 10.0 Å². The van der Waals surface area contributed by atoms with Crippen LogP contribution < -0.4 is 20.7 Å². The second-order valence-corrected chi connectivity index (χ2v) is 7.24. The molecule has 0 aliphatic rings. The molecule has 0 saturated heterocycles. The van der Waals surface area contributed by atoms with Crippen molar-refractivity contribution in [1.82, 2.24) is 0 Å². The molecular formula is C21H17Cl2N3O2S. The SMILES string of the molecule is CC(=O)Nc1ccc(NC(=S)Nc2cc(Cl)c(Oc3ccccc3)c(Cl)c2)cc1. The van der Waals surface area contributed by atoms with Gasteiger partial charge in [-0.1, -0.05) is 41.4 Å².